The minimum absolute atomic E-state index is 0.331. The molecule has 0 fully saturated rings. The summed E-state index contributed by atoms with van der Waals surface area (Å²) in [5.41, 5.74) is 2.82. The molecule has 0 bridgehead atoms. The second-order valence-electron chi connectivity index (χ2n) is 6.38. The van der Waals surface area contributed by atoms with Crippen molar-refractivity contribution in [3.05, 3.63) is 34.4 Å². The van der Waals surface area contributed by atoms with Crippen molar-refractivity contribution in [3.63, 3.8) is 0 Å². The highest BCUT2D eigenvalue weighted by molar-refractivity contribution is 5.99. The van der Waals surface area contributed by atoms with Gasteiger partial charge < -0.3 is 10.4 Å². The van der Waals surface area contributed by atoms with Crippen molar-refractivity contribution in [2.45, 2.75) is 47.6 Å². The van der Waals surface area contributed by atoms with Crippen LogP contribution in [0.4, 0.5) is 0 Å². The molecule has 2 N–H and O–H groups in total. The number of benzene rings is 1. The van der Waals surface area contributed by atoms with Gasteiger partial charge in [0.2, 0.25) is 0 Å². The van der Waals surface area contributed by atoms with Crippen molar-refractivity contribution in [1.29, 1.82) is 0 Å². The lowest BCUT2D eigenvalue weighted by Crippen LogP contribution is -2.49. The number of hydrogen-bond acceptors (Lipinski definition) is 2. The molecule has 110 valence electrons. The Balaban J connectivity index is 3.11. The zero-order valence-electron chi connectivity index (χ0n) is 13.0. The smallest absolute Gasteiger partial charge is 0.326 e. The van der Waals surface area contributed by atoms with Gasteiger partial charge in [0.15, 0.2) is 0 Å². The van der Waals surface area contributed by atoms with Gasteiger partial charge in [0.1, 0.15) is 6.04 Å². The Morgan fingerprint density at radius 3 is 1.90 bits per heavy atom. The van der Waals surface area contributed by atoms with Crippen LogP contribution in [0.3, 0.4) is 0 Å². The molecule has 1 atom stereocenters. The molecule has 0 heterocycles. The minimum atomic E-state index is -1.02. The molecule has 1 unspecified atom stereocenters. The number of aliphatic carboxylic acids is 1. The highest BCUT2D eigenvalue weighted by atomic mass is 16.4. The average Bonchev–Trinajstić information content (AvgIpc) is 2.22. The molecular formula is C16H23NO3. The van der Waals surface area contributed by atoms with Gasteiger partial charge in [-0.15, -0.1) is 0 Å². The zero-order valence-corrected chi connectivity index (χ0v) is 13.0. The molecule has 20 heavy (non-hydrogen) atoms. The van der Waals surface area contributed by atoms with E-state index in [2.05, 4.69) is 5.32 Å². The van der Waals surface area contributed by atoms with Crippen LogP contribution >= 0.6 is 0 Å². The van der Waals surface area contributed by atoms with E-state index in [0.29, 0.717) is 5.56 Å². The fourth-order valence-electron chi connectivity index (χ4n) is 2.39. The van der Waals surface area contributed by atoms with E-state index in [1.54, 1.807) is 20.8 Å². The third-order valence-electron chi connectivity index (χ3n) is 3.29. The molecule has 0 aliphatic rings. The maximum absolute atomic E-state index is 12.4. The number of aryl methyl sites for hydroxylation is 3. The molecule has 0 saturated heterocycles. The summed E-state index contributed by atoms with van der Waals surface area (Å²) in [6.45, 7) is 11.1. The standard InChI is InChI=1S/C16H23NO3/c1-9-7-10(2)12(11(3)8-9)14(18)17-13(15(19)20)16(4,5)6/h7-8,13H,1-6H3,(H,17,18)(H,19,20). The second-order valence-corrected chi connectivity index (χ2v) is 6.38. The van der Waals surface area contributed by atoms with Crippen LogP contribution in [0.25, 0.3) is 0 Å². The molecular weight excluding hydrogens is 254 g/mol. The fourth-order valence-corrected chi connectivity index (χ4v) is 2.39. The molecule has 0 radical (unpaired) electrons. The highest BCUT2D eigenvalue weighted by Gasteiger charge is 2.33. The largest absolute Gasteiger partial charge is 0.480 e. The number of amides is 1. The first kappa shape index (κ1) is 16.2. The third kappa shape index (κ3) is 3.59. The number of nitrogens with one attached hydrogen (secondary N) is 1. The Hall–Kier alpha value is -1.84. The Morgan fingerprint density at radius 2 is 1.55 bits per heavy atom. The van der Waals surface area contributed by atoms with Crippen LogP contribution < -0.4 is 5.32 Å². The lowest BCUT2D eigenvalue weighted by atomic mass is 9.86. The van der Waals surface area contributed by atoms with Gasteiger partial charge in [0, 0.05) is 5.56 Å². The summed E-state index contributed by atoms with van der Waals surface area (Å²) in [7, 11) is 0. The lowest BCUT2D eigenvalue weighted by Gasteiger charge is -2.28. The predicted octanol–water partition coefficient (Wildman–Crippen LogP) is 2.84. The molecule has 1 aromatic carbocycles. The Labute approximate surface area is 120 Å². The molecule has 0 aromatic heterocycles. The first-order valence-electron chi connectivity index (χ1n) is 6.65. The van der Waals surface area contributed by atoms with Crippen molar-refractivity contribution in [3.8, 4) is 0 Å². The number of carboxylic acid groups (broad SMARTS) is 1. The molecule has 1 amide bonds. The van der Waals surface area contributed by atoms with Gasteiger partial charge >= 0.3 is 5.97 Å². The van der Waals surface area contributed by atoms with Crippen molar-refractivity contribution in [2.24, 2.45) is 5.41 Å². The summed E-state index contributed by atoms with van der Waals surface area (Å²) in [5, 5.41) is 11.9. The summed E-state index contributed by atoms with van der Waals surface area (Å²) in [6, 6.07) is 2.93. The van der Waals surface area contributed by atoms with Crippen LogP contribution in [0.2, 0.25) is 0 Å². The first-order chi connectivity index (χ1) is 9.04. The summed E-state index contributed by atoms with van der Waals surface area (Å²) in [4.78, 5) is 23.7. The normalized spacial score (nSPS) is 12.9. The third-order valence-corrected chi connectivity index (χ3v) is 3.29. The number of carboxylic acids is 1. The van der Waals surface area contributed by atoms with E-state index in [1.807, 2.05) is 32.9 Å². The van der Waals surface area contributed by atoms with Crippen LogP contribution in [0.1, 0.15) is 47.8 Å². The van der Waals surface area contributed by atoms with Crippen LogP contribution in [0.5, 0.6) is 0 Å². The summed E-state index contributed by atoms with van der Waals surface area (Å²) in [5.74, 6) is -1.35. The predicted molar refractivity (Wildman–Crippen MR) is 79.0 cm³/mol. The SMILES string of the molecule is Cc1cc(C)c(C(=O)NC(C(=O)O)C(C)(C)C)c(C)c1. The van der Waals surface area contributed by atoms with Gasteiger partial charge in [-0.3, -0.25) is 4.79 Å². The van der Waals surface area contributed by atoms with Crippen LogP contribution in [-0.4, -0.2) is 23.0 Å². The number of rotatable bonds is 3. The summed E-state index contributed by atoms with van der Waals surface area (Å²) < 4.78 is 0. The second kappa shape index (κ2) is 5.65. The molecule has 0 spiro atoms. The van der Waals surface area contributed by atoms with Gasteiger partial charge in [0.05, 0.1) is 0 Å². The van der Waals surface area contributed by atoms with Gasteiger partial charge in [-0.25, -0.2) is 4.79 Å². The van der Waals surface area contributed by atoms with Gasteiger partial charge in [0.25, 0.3) is 5.91 Å². The molecule has 4 heteroatoms. The summed E-state index contributed by atoms with van der Waals surface area (Å²) in [6.07, 6.45) is 0. The molecule has 0 aliphatic carbocycles. The molecule has 0 aliphatic heterocycles. The van der Waals surface area contributed by atoms with Crippen molar-refractivity contribution in [1.82, 2.24) is 5.32 Å². The topological polar surface area (TPSA) is 66.4 Å². The van der Waals surface area contributed by atoms with E-state index < -0.39 is 17.4 Å². The maximum atomic E-state index is 12.4. The van der Waals surface area contributed by atoms with Gasteiger partial charge in [-0.2, -0.15) is 0 Å². The summed E-state index contributed by atoms with van der Waals surface area (Å²) >= 11 is 0. The minimum Gasteiger partial charge on any atom is -0.480 e. The van der Waals surface area contributed by atoms with Gasteiger partial charge in [-0.05, 0) is 37.3 Å². The number of carbonyl (C=O) groups is 2. The van der Waals surface area contributed by atoms with Crippen LogP contribution in [0.15, 0.2) is 12.1 Å². The lowest BCUT2D eigenvalue weighted by molar-refractivity contribution is -0.142. The quantitative estimate of drug-likeness (QED) is 0.892. The van der Waals surface area contributed by atoms with E-state index in [0.717, 1.165) is 16.7 Å². The zero-order chi connectivity index (χ0) is 15.7. The Kier molecular flexibility index (Phi) is 4.58. The maximum Gasteiger partial charge on any atom is 0.326 e. The molecule has 1 rings (SSSR count). The van der Waals surface area contributed by atoms with Crippen molar-refractivity contribution >= 4 is 11.9 Å². The average molecular weight is 277 g/mol. The van der Waals surface area contributed by atoms with E-state index in [9.17, 15) is 14.7 Å². The molecule has 4 nitrogen and oxygen atoms in total. The van der Waals surface area contributed by atoms with E-state index in [4.69, 9.17) is 0 Å². The van der Waals surface area contributed by atoms with Crippen molar-refractivity contribution < 1.29 is 14.7 Å². The highest BCUT2D eigenvalue weighted by Crippen LogP contribution is 2.21. The van der Waals surface area contributed by atoms with Gasteiger partial charge in [-0.1, -0.05) is 38.5 Å². The van der Waals surface area contributed by atoms with E-state index in [-0.39, 0.29) is 5.91 Å². The Morgan fingerprint density at radius 1 is 1.10 bits per heavy atom. The van der Waals surface area contributed by atoms with E-state index >= 15 is 0 Å². The van der Waals surface area contributed by atoms with Crippen LogP contribution in [-0.2, 0) is 4.79 Å². The number of hydrogen-bond donors (Lipinski definition) is 2. The molecule has 0 saturated carbocycles. The first-order valence-corrected chi connectivity index (χ1v) is 6.65. The fraction of sp³-hybridized carbons (Fsp3) is 0.500. The number of carbonyl (C=O) groups excluding carboxylic acids is 1. The Bertz CT molecular complexity index is 518. The molecule has 1 aromatic rings. The monoisotopic (exact) mass is 277 g/mol. The van der Waals surface area contributed by atoms with E-state index in [1.165, 1.54) is 0 Å². The van der Waals surface area contributed by atoms with Crippen LogP contribution in [0, 0.1) is 26.2 Å². The van der Waals surface area contributed by atoms with Crippen molar-refractivity contribution in [2.75, 3.05) is 0 Å².